The molecule has 6 heteroatoms. The van der Waals surface area contributed by atoms with Crippen LogP contribution in [0.1, 0.15) is 40.0 Å². The Morgan fingerprint density at radius 3 is 2.30 bits per heavy atom. The number of sulfone groups is 1. The first-order valence-corrected chi connectivity index (χ1v) is 9.22. The highest BCUT2D eigenvalue weighted by molar-refractivity contribution is 7.92. The largest absolute Gasteiger partial charge is 0.338 e. The molecule has 2 amide bonds. The number of piperidine rings is 1. The van der Waals surface area contributed by atoms with E-state index in [-0.39, 0.29) is 17.0 Å². The highest BCUT2D eigenvalue weighted by atomic mass is 32.2. The van der Waals surface area contributed by atoms with E-state index in [1.165, 1.54) is 6.42 Å². The molecule has 1 saturated heterocycles. The van der Waals surface area contributed by atoms with Gasteiger partial charge in [0.1, 0.15) is 0 Å². The van der Waals surface area contributed by atoms with Crippen molar-refractivity contribution in [1.29, 1.82) is 0 Å². The Kier molecular flexibility index (Phi) is 4.33. The van der Waals surface area contributed by atoms with Crippen molar-refractivity contribution in [2.24, 2.45) is 11.3 Å². The van der Waals surface area contributed by atoms with Crippen LogP contribution in [0.3, 0.4) is 0 Å². The summed E-state index contributed by atoms with van der Waals surface area (Å²) >= 11 is 0. The van der Waals surface area contributed by atoms with E-state index in [1.54, 1.807) is 11.8 Å². The summed E-state index contributed by atoms with van der Waals surface area (Å²) in [5.74, 6) is 0.783. The molecule has 1 aliphatic heterocycles. The molecular formula is C14H26N2O3S. The lowest BCUT2D eigenvalue weighted by Crippen LogP contribution is -2.47. The number of amides is 2. The smallest absolute Gasteiger partial charge is 0.317 e. The van der Waals surface area contributed by atoms with Gasteiger partial charge in [-0.1, -0.05) is 20.8 Å². The molecule has 5 nitrogen and oxygen atoms in total. The van der Waals surface area contributed by atoms with Gasteiger partial charge in [-0.2, -0.15) is 0 Å². The van der Waals surface area contributed by atoms with Gasteiger partial charge in [-0.05, 0) is 30.6 Å². The summed E-state index contributed by atoms with van der Waals surface area (Å²) in [7, 11) is -2.96. The van der Waals surface area contributed by atoms with Gasteiger partial charge in [0.05, 0.1) is 5.25 Å². The minimum Gasteiger partial charge on any atom is -0.338 e. The van der Waals surface area contributed by atoms with E-state index in [0.29, 0.717) is 37.3 Å². The lowest BCUT2D eigenvalue weighted by Gasteiger charge is -2.31. The van der Waals surface area contributed by atoms with Crippen molar-refractivity contribution >= 4 is 15.9 Å². The summed E-state index contributed by atoms with van der Waals surface area (Å²) in [6.07, 6.45) is 2.31. The van der Waals surface area contributed by atoms with Crippen LogP contribution in [-0.4, -0.2) is 50.0 Å². The molecule has 2 aliphatic rings. The Morgan fingerprint density at radius 1 is 1.30 bits per heavy atom. The summed E-state index contributed by atoms with van der Waals surface area (Å²) in [4.78, 5) is 13.8. The minimum absolute atomic E-state index is 0.0416. The van der Waals surface area contributed by atoms with Crippen LogP contribution < -0.4 is 5.32 Å². The van der Waals surface area contributed by atoms with Crippen LogP contribution in [0.25, 0.3) is 0 Å². The number of urea groups is 1. The van der Waals surface area contributed by atoms with Crippen molar-refractivity contribution in [3.05, 3.63) is 0 Å². The van der Waals surface area contributed by atoms with Crippen LogP contribution in [0.15, 0.2) is 0 Å². The number of carbonyl (C=O) groups is 1. The van der Waals surface area contributed by atoms with Gasteiger partial charge in [-0.3, -0.25) is 0 Å². The van der Waals surface area contributed by atoms with Gasteiger partial charge in [0, 0.05) is 25.4 Å². The molecule has 0 bridgehead atoms. The second-order valence-electron chi connectivity index (χ2n) is 6.71. The van der Waals surface area contributed by atoms with Crippen LogP contribution >= 0.6 is 0 Å². The Labute approximate surface area is 122 Å². The second-order valence-corrected chi connectivity index (χ2v) is 9.28. The highest BCUT2D eigenvalue weighted by Crippen LogP contribution is 2.50. The summed E-state index contributed by atoms with van der Waals surface area (Å²) < 4.78 is 23.6. The molecule has 0 radical (unpaired) electrons. The lowest BCUT2D eigenvalue weighted by atomic mass is 10.1. The molecule has 2 rings (SSSR count). The molecule has 1 N–H and O–H groups in total. The van der Waals surface area contributed by atoms with E-state index in [9.17, 15) is 13.2 Å². The molecule has 0 spiro atoms. The Balaban J connectivity index is 1.75. The topological polar surface area (TPSA) is 66.5 Å². The molecule has 1 heterocycles. The number of nitrogens with zero attached hydrogens (tertiary/aromatic N) is 1. The summed E-state index contributed by atoms with van der Waals surface area (Å²) in [5, 5.41) is 2.71. The van der Waals surface area contributed by atoms with Crippen LogP contribution in [0.2, 0.25) is 0 Å². The van der Waals surface area contributed by atoms with Gasteiger partial charge in [0.25, 0.3) is 0 Å². The fourth-order valence-electron chi connectivity index (χ4n) is 2.90. The SMILES string of the molecule is CCS(=O)(=O)C1CCN(C(=O)NCC2CC2(C)C)CC1. The normalized spacial score (nSPS) is 26.4. The first kappa shape index (κ1) is 15.6. The minimum atomic E-state index is -2.96. The molecule has 0 aromatic carbocycles. The van der Waals surface area contributed by atoms with E-state index in [1.807, 2.05) is 0 Å². The van der Waals surface area contributed by atoms with Crippen LogP contribution in [0.5, 0.6) is 0 Å². The van der Waals surface area contributed by atoms with E-state index >= 15 is 0 Å². The first-order valence-electron chi connectivity index (χ1n) is 7.50. The van der Waals surface area contributed by atoms with E-state index in [0.717, 1.165) is 6.54 Å². The van der Waals surface area contributed by atoms with Crippen molar-refractivity contribution in [2.45, 2.75) is 45.3 Å². The molecule has 1 unspecified atom stereocenters. The van der Waals surface area contributed by atoms with Gasteiger partial charge in [0.15, 0.2) is 9.84 Å². The van der Waals surface area contributed by atoms with Crippen molar-refractivity contribution < 1.29 is 13.2 Å². The molecule has 0 aromatic heterocycles. The maximum absolute atomic E-state index is 12.0. The fraction of sp³-hybridized carbons (Fsp3) is 0.929. The van der Waals surface area contributed by atoms with E-state index < -0.39 is 9.84 Å². The molecule has 1 atom stereocenters. The Morgan fingerprint density at radius 2 is 1.85 bits per heavy atom. The monoisotopic (exact) mass is 302 g/mol. The van der Waals surface area contributed by atoms with Gasteiger partial charge in [-0.15, -0.1) is 0 Å². The average molecular weight is 302 g/mol. The zero-order valence-corrected chi connectivity index (χ0v) is 13.5. The number of nitrogens with one attached hydrogen (secondary N) is 1. The first-order chi connectivity index (χ1) is 9.26. The van der Waals surface area contributed by atoms with Gasteiger partial charge in [-0.25, -0.2) is 13.2 Å². The molecule has 1 saturated carbocycles. The maximum atomic E-state index is 12.0. The maximum Gasteiger partial charge on any atom is 0.317 e. The number of likely N-dealkylation sites (tertiary alicyclic amines) is 1. The van der Waals surface area contributed by atoms with E-state index in [2.05, 4.69) is 19.2 Å². The average Bonchev–Trinajstić information content (AvgIpc) is 3.03. The van der Waals surface area contributed by atoms with Crippen molar-refractivity contribution in [3.63, 3.8) is 0 Å². The van der Waals surface area contributed by atoms with Crippen molar-refractivity contribution in [1.82, 2.24) is 10.2 Å². The predicted molar refractivity (Wildman–Crippen MR) is 79.3 cm³/mol. The van der Waals surface area contributed by atoms with Crippen LogP contribution in [0, 0.1) is 11.3 Å². The number of rotatable bonds is 4. The molecule has 2 fully saturated rings. The standard InChI is InChI=1S/C14H26N2O3S/c1-4-20(18,19)12-5-7-16(8-6-12)13(17)15-10-11-9-14(11,2)3/h11-12H,4-10H2,1-3H3,(H,15,17). The summed E-state index contributed by atoms with van der Waals surface area (Å²) in [6.45, 7) is 7.94. The van der Waals surface area contributed by atoms with Crippen molar-refractivity contribution in [2.75, 3.05) is 25.4 Å². The zero-order valence-electron chi connectivity index (χ0n) is 12.7. The van der Waals surface area contributed by atoms with Gasteiger partial charge >= 0.3 is 6.03 Å². The van der Waals surface area contributed by atoms with Crippen LogP contribution in [-0.2, 0) is 9.84 Å². The number of carbonyl (C=O) groups excluding carboxylic acids is 1. The molecular weight excluding hydrogens is 276 g/mol. The summed E-state index contributed by atoms with van der Waals surface area (Å²) in [5.41, 5.74) is 0.371. The predicted octanol–water partition coefficient (Wildman–Crippen LogP) is 1.64. The van der Waals surface area contributed by atoms with E-state index in [4.69, 9.17) is 0 Å². The molecule has 1 aliphatic carbocycles. The third-order valence-electron chi connectivity index (χ3n) is 4.86. The van der Waals surface area contributed by atoms with Crippen LogP contribution in [0.4, 0.5) is 4.79 Å². The Hall–Kier alpha value is -0.780. The number of hydrogen-bond acceptors (Lipinski definition) is 3. The van der Waals surface area contributed by atoms with Gasteiger partial charge in [0.2, 0.25) is 0 Å². The third-order valence-corrected chi connectivity index (χ3v) is 7.15. The fourth-order valence-corrected chi connectivity index (χ4v) is 4.30. The zero-order chi connectivity index (χ0) is 15.0. The lowest BCUT2D eigenvalue weighted by molar-refractivity contribution is 0.186. The molecule has 116 valence electrons. The third kappa shape index (κ3) is 3.45. The molecule has 20 heavy (non-hydrogen) atoms. The molecule has 0 aromatic rings. The quantitative estimate of drug-likeness (QED) is 0.858. The Bertz CT molecular complexity index is 465. The highest BCUT2D eigenvalue weighted by Gasteiger charge is 2.45. The van der Waals surface area contributed by atoms with Crippen molar-refractivity contribution in [3.8, 4) is 0 Å². The second kappa shape index (κ2) is 5.54. The summed E-state index contributed by atoms with van der Waals surface area (Å²) in [6, 6.07) is -0.0416. The number of hydrogen-bond donors (Lipinski definition) is 1. The van der Waals surface area contributed by atoms with Gasteiger partial charge < -0.3 is 10.2 Å².